The van der Waals surface area contributed by atoms with E-state index in [0.29, 0.717) is 23.9 Å². The van der Waals surface area contributed by atoms with Crippen LogP contribution >= 0.6 is 0 Å². The van der Waals surface area contributed by atoms with Gasteiger partial charge in [0, 0.05) is 17.6 Å². The van der Waals surface area contributed by atoms with Gasteiger partial charge in [0.25, 0.3) is 5.91 Å². The lowest BCUT2D eigenvalue weighted by Crippen LogP contribution is -2.53. The zero-order chi connectivity index (χ0) is 15.5. The molecule has 0 heterocycles. The summed E-state index contributed by atoms with van der Waals surface area (Å²) in [7, 11) is 0. The molecule has 2 aliphatic carbocycles. The summed E-state index contributed by atoms with van der Waals surface area (Å²) in [6.45, 7) is 2.17. The van der Waals surface area contributed by atoms with Crippen molar-refractivity contribution in [1.82, 2.24) is 5.32 Å². The minimum atomic E-state index is 0.0837. The fraction of sp³-hybridized carbons (Fsp3) is 0.632. The lowest BCUT2D eigenvalue weighted by atomic mass is 9.67. The third-order valence-corrected chi connectivity index (χ3v) is 5.43. The van der Waals surface area contributed by atoms with Crippen molar-refractivity contribution in [3.63, 3.8) is 0 Å². The summed E-state index contributed by atoms with van der Waals surface area (Å²) in [5.74, 6) is 1.23. The monoisotopic (exact) mass is 300 g/mol. The Balaban J connectivity index is 1.66. The molecule has 3 N–H and O–H groups in total. The molecule has 3 rings (SSSR count). The van der Waals surface area contributed by atoms with Gasteiger partial charge in [-0.15, -0.1) is 0 Å². The number of nitrogens with one attached hydrogen (secondary N) is 1. The molecular formula is C19H28N2O. The Hall–Kier alpha value is -1.35. The van der Waals surface area contributed by atoms with Crippen LogP contribution in [0, 0.1) is 11.8 Å². The molecule has 3 heteroatoms. The van der Waals surface area contributed by atoms with Crippen LogP contribution in [0.2, 0.25) is 0 Å². The Morgan fingerprint density at radius 2 is 1.82 bits per heavy atom. The van der Waals surface area contributed by atoms with Crippen LogP contribution in [-0.4, -0.2) is 18.0 Å². The maximum Gasteiger partial charge on any atom is 0.251 e. The largest absolute Gasteiger partial charge is 0.349 e. The van der Waals surface area contributed by atoms with Crippen molar-refractivity contribution < 1.29 is 4.79 Å². The molecule has 2 aliphatic rings. The number of carbonyl (C=O) groups is 1. The van der Waals surface area contributed by atoms with Gasteiger partial charge in [0.2, 0.25) is 0 Å². The van der Waals surface area contributed by atoms with Crippen LogP contribution in [0.3, 0.4) is 0 Å². The van der Waals surface area contributed by atoms with Gasteiger partial charge in [-0.25, -0.2) is 0 Å². The molecule has 120 valence electrons. The van der Waals surface area contributed by atoms with Crippen molar-refractivity contribution >= 4 is 5.91 Å². The Morgan fingerprint density at radius 1 is 1.18 bits per heavy atom. The normalized spacial score (nSPS) is 30.8. The van der Waals surface area contributed by atoms with E-state index in [1.54, 1.807) is 0 Å². The number of rotatable bonds is 4. The molecule has 22 heavy (non-hydrogen) atoms. The van der Waals surface area contributed by atoms with E-state index in [1.165, 1.54) is 24.8 Å². The van der Waals surface area contributed by atoms with Gasteiger partial charge in [0.15, 0.2) is 0 Å². The van der Waals surface area contributed by atoms with Crippen LogP contribution in [0.25, 0.3) is 0 Å². The van der Waals surface area contributed by atoms with Gasteiger partial charge in [0.05, 0.1) is 0 Å². The summed E-state index contributed by atoms with van der Waals surface area (Å²) in [6, 6.07) is 8.75. The summed E-state index contributed by atoms with van der Waals surface area (Å²) < 4.78 is 0. The van der Waals surface area contributed by atoms with Crippen molar-refractivity contribution in [3.05, 3.63) is 35.4 Å². The predicted octanol–water partition coefficient (Wildman–Crippen LogP) is 3.27. The number of nitrogens with two attached hydrogens (primary N) is 1. The summed E-state index contributed by atoms with van der Waals surface area (Å²) in [6.07, 6.45) is 8.06. The van der Waals surface area contributed by atoms with Gasteiger partial charge in [0.1, 0.15) is 0 Å². The van der Waals surface area contributed by atoms with Crippen LogP contribution < -0.4 is 11.1 Å². The average molecular weight is 300 g/mol. The highest BCUT2D eigenvalue weighted by Crippen LogP contribution is 2.39. The summed E-state index contributed by atoms with van der Waals surface area (Å²) in [5.41, 5.74) is 8.25. The number of carbonyl (C=O) groups excluding carboxylic acids is 1. The minimum Gasteiger partial charge on any atom is -0.349 e. The molecule has 2 atom stereocenters. The van der Waals surface area contributed by atoms with E-state index in [1.807, 2.05) is 12.1 Å². The first-order chi connectivity index (χ1) is 10.7. The van der Waals surface area contributed by atoms with Crippen LogP contribution in [0.4, 0.5) is 0 Å². The number of hydrogen-bond donors (Lipinski definition) is 2. The standard InChI is InChI=1S/C19H28N2O/c1-2-4-13-7-9-14(10-8-13)19(22)21-18-15-5-3-6-16(18)12-17(20)11-15/h7-10,15-18H,2-6,11-12,20H2,1H3,(H,21,22). The van der Waals surface area contributed by atoms with Crippen molar-refractivity contribution in [2.75, 3.05) is 0 Å². The molecule has 2 bridgehead atoms. The Morgan fingerprint density at radius 3 is 2.41 bits per heavy atom. The van der Waals surface area contributed by atoms with E-state index in [4.69, 9.17) is 5.73 Å². The van der Waals surface area contributed by atoms with E-state index in [9.17, 15) is 4.79 Å². The molecule has 1 amide bonds. The lowest BCUT2D eigenvalue weighted by Gasteiger charge is -2.45. The average Bonchev–Trinajstić information content (AvgIpc) is 2.49. The molecule has 0 spiro atoms. The number of amides is 1. The smallest absolute Gasteiger partial charge is 0.251 e. The minimum absolute atomic E-state index is 0.0837. The highest BCUT2D eigenvalue weighted by Gasteiger charge is 2.39. The molecule has 2 fully saturated rings. The first kappa shape index (κ1) is 15.5. The zero-order valence-electron chi connectivity index (χ0n) is 13.6. The van der Waals surface area contributed by atoms with Crippen LogP contribution in [-0.2, 0) is 6.42 Å². The molecule has 2 saturated carbocycles. The first-order valence-corrected chi connectivity index (χ1v) is 8.82. The number of benzene rings is 1. The van der Waals surface area contributed by atoms with Gasteiger partial charge >= 0.3 is 0 Å². The SMILES string of the molecule is CCCc1ccc(C(=O)NC2C3CCCC2CC(N)C3)cc1. The first-order valence-electron chi connectivity index (χ1n) is 8.82. The van der Waals surface area contributed by atoms with E-state index in [2.05, 4.69) is 24.4 Å². The van der Waals surface area contributed by atoms with E-state index in [0.717, 1.165) is 31.2 Å². The number of aryl methyl sites for hydroxylation is 1. The maximum absolute atomic E-state index is 12.6. The second-order valence-corrected chi connectivity index (χ2v) is 7.13. The molecule has 0 aromatic heterocycles. The van der Waals surface area contributed by atoms with Gasteiger partial charge in [-0.1, -0.05) is 31.9 Å². The topological polar surface area (TPSA) is 55.1 Å². The van der Waals surface area contributed by atoms with Crippen molar-refractivity contribution in [2.24, 2.45) is 17.6 Å². The van der Waals surface area contributed by atoms with Crippen LogP contribution in [0.5, 0.6) is 0 Å². The molecule has 1 aromatic carbocycles. The van der Waals surface area contributed by atoms with Gasteiger partial charge in [-0.2, -0.15) is 0 Å². The Bertz CT molecular complexity index is 497. The molecule has 0 radical (unpaired) electrons. The second kappa shape index (κ2) is 6.82. The highest BCUT2D eigenvalue weighted by atomic mass is 16.1. The lowest BCUT2D eigenvalue weighted by molar-refractivity contribution is 0.0756. The summed E-state index contributed by atoms with van der Waals surface area (Å²) in [4.78, 5) is 12.6. The van der Waals surface area contributed by atoms with Crippen molar-refractivity contribution in [3.8, 4) is 0 Å². The zero-order valence-corrected chi connectivity index (χ0v) is 13.6. The predicted molar refractivity (Wildman–Crippen MR) is 89.7 cm³/mol. The van der Waals surface area contributed by atoms with E-state index >= 15 is 0 Å². The van der Waals surface area contributed by atoms with Crippen LogP contribution in [0.1, 0.15) is 61.4 Å². The number of hydrogen-bond acceptors (Lipinski definition) is 2. The van der Waals surface area contributed by atoms with E-state index < -0.39 is 0 Å². The van der Waals surface area contributed by atoms with Gasteiger partial charge in [-0.3, -0.25) is 4.79 Å². The van der Waals surface area contributed by atoms with Crippen molar-refractivity contribution in [2.45, 2.75) is 64.0 Å². The van der Waals surface area contributed by atoms with Gasteiger partial charge < -0.3 is 11.1 Å². The molecular weight excluding hydrogens is 272 g/mol. The third kappa shape index (κ3) is 3.35. The molecule has 2 unspecified atom stereocenters. The molecule has 0 aliphatic heterocycles. The fourth-order valence-corrected chi connectivity index (χ4v) is 4.37. The second-order valence-electron chi connectivity index (χ2n) is 7.13. The van der Waals surface area contributed by atoms with Crippen LogP contribution in [0.15, 0.2) is 24.3 Å². The quantitative estimate of drug-likeness (QED) is 0.896. The molecule has 0 saturated heterocycles. The summed E-state index contributed by atoms with van der Waals surface area (Å²) in [5, 5.41) is 3.31. The molecule has 3 nitrogen and oxygen atoms in total. The third-order valence-electron chi connectivity index (χ3n) is 5.43. The van der Waals surface area contributed by atoms with Crippen molar-refractivity contribution in [1.29, 1.82) is 0 Å². The Labute approximate surface area is 133 Å². The summed E-state index contributed by atoms with van der Waals surface area (Å²) >= 11 is 0. The van der Waals surface area contributed by atoms with Gasteiger partial charge in [-0.05, 0) is 61.6 Å². The van der Waals surface area contributed by atoms with E-state index in [-0.39, 0.29) is 5.91 Å². The number of fused-ring (bicyclic) bond motifs is 2. The maximum atomic E-state index is 12.6. The fourth-order valence-electron chi connectivity index (χ4n) is 4.37. The molecule has 1 aromatic rings. The Kier molecular flexibility index (Phi) is 4.82. The highest BCUT2D eigenvalue weighted by molar-refractivity contribution is 5.94.